The Morgan fingerprint density at radius 2 is 2.00 bits per heavy atom. The number of nitrogens with one attached hydrogen (secondary N) is 1. The molecule has 1 atom stereocenters. The molecule has 1 rings (SSSR count). The average molecular weight is 180 g/mol. The monoisotopic (exact) mass is 180 g/mol. The van der Waals surface area contributed by atoms with Gasteiger partial charge in [0.15, 0.2) is 0 Å². The molecule has 0 heterocycles. The lowest BCUT2D eigenvalue weighted by Gasteiger charge is -2.15. The summed E-state index contributed by atoms with van der Waals surface area (Å²) in [5.74, 6) is 0. The van der Waals surface area contributed by atoms with Crippen molar-refractivity contribution < 1.29 is 5.11 Å². The van der Waals surface area contributed by atoms with E-state index in [4.69, 9.17) is 10.8 Å². The lowest BCUT2D eigenvalue weighted by molar-refractivity contribution is 0.269. The van der Waals surface area contributed by atoms with E-state index in [-0.39, 0.29) is 12.6 Å². The number of aliphatic hydroxyl groups is 1. The van der Waals surface area contributed by atoms with Crippen molar-refractivity contribution in [2.45, 2.75) is 12.5 Å². The van der Waals surface area contributed by atoms with Gasteiger partial charge >= 0.3 is 0 Å². The van der Waals surface area contributed by atoms with E-state index in [0.717, 1.165) is 17.7 Å². The van der Waals surface area contributed by atoms with Crippen LogP contribution in [-0.2, 0) is 0 Å². The van der Waals surface area contributed by atoms with Gasteiger partial charge in [-0.05, 0) is 31.2 Å². The van der Waals surface area contributed by atoms with Gasteiger partial charge in [0.05, 0.1) is 0 Å². The Kier molecular flexibility index (Phi) is 3.73. The van der Waals surface area contributed by atoms with Gasteiger partial charge in [0.2, 0.25) is 0 Å². The zero-order chi connectivity index (χ0) is 9.68. The molecule has 4 N–H and O–H groups in total. The Balaban J connectivity index is 2.73. The Morgan fingerprint density at radius 1 is 1.38 bits per heavy atom. The largest absolute Gasteiger partial charge is 0.399 e. The smallest absolute Gasteiger partial charge is 0.0449 e. The Bertz CT molecular complexity index is 246. The number of hydrogen-bond donors (Lipinski definition) is 3. The van der Waals surface area contributed by atoms with E-state index in [0.29, 0.717) is 0 Å². The van der Waals surface area contributed by atoms with E-state index >= 15 is 0 Å². The van der Waals surface area contributed by atoms with E-state index in [1.807, 2.05) is 31.3 Å². The number of nitrogen functional groups attached to an aromatic ring is 1. The summed E-state index contributed by atoms with van der Waals surface area (Å²) in [5, 5.41) is 12.0. The predicted molar refractivity (Wildman–Crippen MR) is 54.4 cm³/mol. The van der Waals surface area contributed by atoms with E-state index < -0.39 is 0 Å². The summed E-state index contributed by atoms with van der Waals surface area (Å²) >= 11 is 0. The minimum absolute atomic E-state index is 0.190. The number of hydrogen-bond acceptors (Lipinski definition) is 3. The first-order valence-corrected chi connectivity index (χ1v) is 4.41. The highest BCUT2D eigenvalue weighted by atomic mass is 16.3. The molecule has 0 bridgehead atoms. The first-order chi connectivity index (χ1) is 6.27. The molecule has 0 saturated heterocycles. The van der Waals surface area contributed by atoms with Crippen LogP contribution >= 0.6 is 0 Å². The molecule has 72 valence electrons. The SMILES string of the molecule is CNC(CCO)c1ccc(N)cc1. The third-order valence-corrected chi connectivity index (χ3v) is 2.11. The summed E-state index contributed by atoms with van der Waals surface area (Å²) < 4.78 is 0. The predicted octanol–water partition coefficient (Wildman–Crippen LogP) is 0.912. The first-order valence-electron chi connectivity index (χ1n) is 4.41. The summed E-state index contributed by atoms with van der Waals surface area (Å²) in [6.07, 6.45) is 0.723. The third kappa shape index (κ3) is 2.72. The van der Waals surface area contributed by atoms with Crippen molar-refractivity contribution in [1.82, 2.24) is 5.32 Å². The number of anilines is 1. The highest BCUT2D eigenvalue weighted by molar-refractivity contribution is 5.40. The summed E-state index contributed by atoms with van der Waals surface area (Å²) in [6.45, 7) is 0.190. The fourth-order valence-electron chi connectivity index (χ4n) is 1.34. The molecular formula is C10H16N2O. The maximum atomic E-state index is 8.82. The second-order valence-electron chi connectivity index (χ2n) is 3.02. The summed E-state index contributed by atoms with van der Waals surface area (Å²) in [4.78, 5) is 0. The summed E-state index contributed by atoms with van der Waals surface area (Å²) in [5.41, 5.74) is 7.50. The van der Waals surface area contributed by atoms with Gasteiger partial charge in [-0.3, -0.25) is 0 Å². The van der Waals surface area contributed by atoms with Crippen molar-refractivity contribution >= 4 is 5.69 Å². The molecule has 0 aliphatic heterocycles. The molecule has 1 unspecified atom stereocenters. The van der Waals surface area contributed by atoms with Crippen LogP contribution < -0.4 is 11.1 Å². The molecule has 1 aromatic carbocycles. The quantitative estimate of drug-likeness (QED) is 0.604. The molecule has 0 aliphatic carbocycles. The average Bonchev–Trinajstić information content (AvgIpc) is 2.16. The van der Waals surface area contributed by atoms with Crippen LogP contribution in [0.3, 0.4) is 0 Å². The zero-order valence-electron chi connectivity index (χ0n) is 7.83. The maximum Gasteiger partial charge on any atom is 0.0449 e. The van der Waals surface area contributed by atoms with Crippen LogP contribution in [0.1, 0.15) is 18.0 Å². The standard InChI is InChI=1S/C10H16N2O/c1-12-10(6-7-13)8-2-4-9(11)5-3-8/h2-5,10,12-13H,6-7,11H2,1H3. The fourth-order valence-corrected chi connectivity index (χ4v) is 1.34. The molecule has 0 radical (unpaired) electrons. The van der Waals surface area contributed by atoms with E-state index in [1.54, 1.807) is 0 Å². The van der Waals surface area contributed by atoms with Crippen molar-refractivity contribution in [2.75, 3.05) is 19.4 Å². The van der Waals surface area contributed by atoms with Gasteiger partial charge in [0.1, 0.15) is 0 Å². The van der Waals surface area contributed by atoms with E-state index in [2.05, 4.69) is 5.32 Å². The van der Waals surface area contributed by atoms with Crippen molar-refractivity contribution in [3.8, 4) is 0 Å². The molecule has 3 heteroatoms. The van der Waals surface area contributed by atoms with Crippen molar-refractivity contribution in [1.29, 1.82) is 0 Å². The second-order valence-corrected chi connectivity index (χ2v) is 3.02. The molecule has 3 nitrogen and oxygen atoms in total. The van der Waals surface area contributed by atoms with Crippen LogP contribution in [0, 0.1) is 0 Å². The molecule has 0 aliphatic rings. The van der Waals surface area contributed by atoms with Crippen molar-refractivity contribution in [2.24, 2.45) is 0 Å². The Labute approximate surface area is 78.6 Å². The Morgan fingerprint density at radius 3 is 2.46 bits per heavy atom. The fraction of sp³-hybridized carbons (Fsp3) is 0.400. The molecule has 0 amide bonds. The van der Waals surface area contributed by atoms with Gasteiger partial charge in [-0.15, -0.1) is 0 Å². The summed E-state index contributed by atoms with van der Waals surface area (Å²) in [7, 11) is 1.89. The zero-order valence-corrected chi connectivity index (χ0v) is 7.83. The highest BCUT2D eigenvalue weighted by Crippen LogP contribution is 2.16. The third-order valence-electron chi connectivity index (χ3n) is 2.11. The lowest BCUT2D eigenvalue weighted by Crippen LogP contribution is -2.17. The molecule has 1 aromatic rings. The van der Waals surface area contributed by atoms with Crippen LogP contribution in [0.5, 0.6) is 0 Å². The topological polar surface area (TPSA) is 58.3 Å². The lowest BCUT2D eigenvalue weighted by atomic mass is 10.0. The van der Waals surface area contributed by atoms with Crippen LogP contribution in [0.15, 0.2) is 24.3 Å². The van der Waals surface area contributed by atoms with Gasteiger partial charge in [-0.25, -0.2) is 0 Å². The van der Waals surface area contributed by atoms with Gasteiger partial charge in [-0.1, -0.05) is 12.1 Å². The van der Waals surface area contributed by atoms with Gasteiger partial charge in [0.25, 0.3) is 0 Å². The van der Waals surface area contributed by atoms with Crippen LogP contribution in [0.4, 0.5) is 5.69 Å². The minimum atomic E-state index is 0.190. The number of nitrogens with two attached hydrogens (primary N) is 1. The van der Waals surface area contributed by atoms with E-state index in [9.17, 15) is 0 Å². The van der Waals surface area contributed by atoms with Crippen LogP contribution in [-0.4, -0.2) is 18.8 Å². The molecule has 0 aromatic heterocycles. The Hall–Kier alpha value is -1.06. The second kappa shape index (κ2) is 4.84. The number of benzene rings is 1. The summed E-state index contributed by atoms with van der Waals surface area (Å²) in [6, 6.07) is 7.91. The van der Waals surface area contributed by atoms with Crippen LogP contribution in [0.2, 0.25) is 0 Å². The maximum absolute atomic E-state index is 8.82. The molecular weight excluding hydrogens is 164 g/mol. The van der Waals surface area contributed by atoms with Crippen molar-refractivity contribution in [3.63, 3.8) is 0 Å². The number of aliphatic hydroxyl groups excluding tert-OH is 1. The van der Waals surface area contributed by atoms with Gasteiger partial charge in [-0.2, -0.15) is 0 Å². The van der Waals surface area contributed by atoms with Crippen molar-refractivity contribution in [3.05, 3.63) is 29.8 Å². The first kappa shape index (κ1) is 10.0. The molecule has 0 fully saturated rings. The van der Waals surface area contributed by atoms with Crippen LogP contribution in [0.25, 0.3) is 0 Å². The molecule has 0 spiro atoms. The number of rotatable bonds is 4. The molecule has 0 saturated carbocycles. The normalized spacial score (nSPS) is 12.8. The minimum Gasteiger partial charge on any atom is -0.399 e. The van der Waals surface area contributed by atoms with E-state index in [1.165, 1.54) is 0 Å². The highest BCUT2D eigenvalue weighted by Gasteiger charge is 2.06. The van der Waals surface area contributed by atoms with Gasteiger partial charge < -0.3 is 16.2 Å². The van der Waals surface area contributed by atoms with Gasteiger partial charge in [0, 0.05) is 18.3 Å². The molecule has 13 heavy (non-hydrogen) atoms.